The molecule has 0 amide bonds. The maximum Gasteiger partial charge on any atom is 0.0931 e. The molecule has 2 nitrogen and oxygen atoms in total. The lowest BCUT2D eigenvalue weighted by atomic mass is 9.91. The van der Waals surface area contributed by atoms with Crippen LogP contribution in [0.15, 0.2) is 12.1 Å². The van der Waals surface area contributed by atoms with Gasteiger partial charge >= 0.3 is 0 Å². The zero-order valence-corrected chi connectivity index (χ0v) is 10.5. The molecule has 2 heterocycles. The van der Waals surface area contributed by atoms with Crippen molar-refractivity contribution in [3.8, 4) is 0 Å². The number of hydrogen-bond acceptors (Lipinski definition) is 3. The molecule has 0 aromatic carbocycles. The molecular weight excluding hydrogens is 228 g/mol. The summed E-state index contributed by atoms with van der Waals surface area (Å²) in [6, 6.07) is 4.58. The molecule has 1 aliphatic rings. The normalized spacial score (nSPS) is 24.0. The minimum absolute atomic E-state index is 0.454. The predicted octanol–water partition coefficient (Wildman–Crippen LogP) is 2.66. The Morgan fingerprint density at radius 2 is 2.47 bits per heavy atom. The molecule has 1 saturated heterocycles. The largest absolute Gasteiger partial charge is 0.316 e. The highest BCUT2D eigenvalue weighted by Crippen LogP contribution is 2.33. The lowest BCUT2D eigenvalue weighted by molar-refractivity contribution is 0.301. The lowest BCUT2D eigenvalue weighted by Crippen LogP contribution is -2.37. The van der Waals surface area contributed by atoms with E-state index in [4.69, 9.17) is 11.6 Å². The third kappa shape index (κ3) is 2.72. The van der Waals surface area contributed by atoms with Crippen LogP contribution in [0.5, 0.6) is 0 Å². The molecule has 0 radical (unpaired) electrons. The fourth-order valence-corrected chi connectivity index (χ4v) is 3.53. The van der Waals surface area contributed by atoms with E-state index in [1.165, 1.54) is 17.7 Å². The number of halogens is 1. The van der Waals surface area contributed by atoms with Crippen molar-refractivity contribution in [3.05, 3.63) is 21.3 Å². The number of piperidine rings is 1. The first kappa shape index (κ1) is 11.4. The van der Waals surface area contributed by atoms with Gasteiger partial charge < -0.3 is 10.6 Å². The number of thiophene rings is 1. The Bertz CT molecular complexity index is 307. The van der Waals surface area contributed by atoms with Crippen molar-refractivity contribution in [2.75, 3.05) is 20.1 Å². The summed E-state index contributed by atoms with van der Waals surface area (Å²) in [5.74, 6) is 0.693. The van der Waals surface area contributed by atoms with Crippen LogP contribution in [0.3, 0.4) is 0 Å². The van der Waals surface area contributed by atoms with E-state index in [-0.39, 0.29) is 0 Å². The Morgan fingerprint density at radius 3 is 3.00 bits per heavy atom. The summed E-state index contributed by atoms with van der Waals surface area (Å²) in [4.78, 5) is 1.36. The van der Waals surface area contributed by atoms with E-state index in [9.17, 15) is 0 Å². The third-order valence-electron chi connectivity index (χ3n) is 3.02. The van der Waals surface area contributed by atoms with Crippen molar-refractivity contribution in [1.29, 1.82) is 0 Å². The zero-order chi connectivity index (χ0) is 10.7. The smallest absolute Gasteiger partial charge is 0.0931 e. The van der Waals surface area contributed by atoms with Gasteiger partial charge in [0.25, 0.3) is 0 Å². The average molecular weight is 245 g/mol. The molecule has 2 N–H and O–H groups in total. The fraction of sp³-hybridized carbons (Fsp3) is 0.636. The maximum absolute atomic E-state index is 5.98. The topological polar surface area (TPSA) is 24.1 Å². The molecule has 2 rings (SSSR count). The van der Waals surface area contributed by atoms with Crippen LogP contribution < -0.4 is 10.6 Å². The van der Waals surface area contributed by atoms with Crippen molar-refractivity contribution in [2.45, 2.75) is 18.9 Å². The quantitative estimate of drug-likeness (QED) is 0.854. The standard InChI is InChI=1S/C11H17ClN2S/c1-13-11(8-3-2-6-14-7-8)9-4-5-10(12)15-9/h4-5,8,11,13-14H,2-3,6-7H2,1H3. The third-order valence-corrected chi connectivity index (χ3v) is 4.33. The van der Waals surface area contributed by atoms with Crippen molar-refractivity contribution >= 4 is 22.9 Å². The Morgan fingerprint density at radius 1 is 1.60 bits per heavy atom. The van der Waals surface area contributed by atoms with Crippen molar-refractivity contribution in [2.24, 2.45) is 5.92 Å². The van der Waals surface area contributed by atoms with Crippen LogP contribution in [0.25, 0.3) is 0 Å². The van der Waals surface area contributed by atoms with Crippen LogP contribution in [0, 0.1) is 5.92 Å². The fourth-order valence-electron chi connectivity index (χ4n) is 2.27. The summed E-state index contributed by atoms with van der Waals surface area (Å²) < 4.78 is 0.883. The second kappa shape index (κ2) is 5.30. The predicted molar refractivity (Wildman–Crippen MR) is 66.7 cm³/mol. The summed E-state index contributed by atoms with van der Waals surface area (Å²) in [6.45, 7) is 2.28. The van der Waals surface area contributed by atoms with Crippen LogP contribution in [0.4, 0.5) is 0 Å². The molecule has 2 atom stereocenters. The molecule has 15 heavy (non-hydrogen) atoms. The minimum Gasteiger partial charge on any atom is -0.316 e. The summed E-state index contributed by atoms with van der Waals surface area (Å²) in [6.07, 6.45) is 2.58. The van der Waals surface area contributed by atoms with Gasteiger partial charge in [-0.2, -0.15) is 0 Å². The molecule has 0 aliphatic carbocycles. The van der Waals surface area contributed by atoms with E-state index in [0.717, 1.165) is 17.4 Å². The maximum atomic E-state index is 5.98. The first-order valence-electron chi connectivity index (χ1n) is 5.44. The Hall–Kier alpha value is -0.0900. The van der Waals surface area contributed by atoms with Gasteiger partial charge in [-0.25, -0.2) is 0 Å². The van der Waals surface area contributed by atoms with Crippen LogP contribution in [-0.2, 0) is 0 Å². The van der Waals surface area contributed by atoms with Gasteiger partial charge in [0.15, 0.2) is 0 Å². The molecule has 2 unspecified atom stereocenters. The lowest BCUT2D eigenvalue weighted by Gasteiger charge is -2.29. The molecule has 1 fully saturated rings. The Kier molecular flexibility index (Phi) is 4.03. The number of rotatable bonds is 3. The van der Waals surface area contributed by atoms with E-state index in [0.29, 0.717) is 12.0 Å². The van der Waals surface area contributed by atoms with Crippen LogP contribution in [0.2, 0.25) is 4.34 Å². The first-order chi connectivity index (χ1) is 7.31. The second-order valence-electron chi connectivity index (χ2n) is 4.01. The second-order valence-corrected chi connectivity index (χ2v) is 5.76. The number of hydrogen-bond donors (Lipinski definition) is 2. The number of nitrogens with one attached hydrogen (secondary N) is 2. The van der Waals surface area contributed by atoms with Gasteiger partial charge in [0.2, 0.25) is 0 Å². The highest BCUT2D eigenvalue weighted by atomic mass is 35.5. The van der Waals surface area contributed by atoms with E-state index in [2.05, 4.69) is 16.7 Å². The van der Waals surface area contributed by atoms with Crippen LogP contribution >= 0.6 is 22.9 Å². The highest BCUT2D eigenvalue weighted by molar-refractivity contribution is 7.16. The minimum atomic E-state index is 0.454. The van der Waals surface area contributed by atoms with Gasteiger partial charge in [-0.1, -0.05) is 11.6 Å². The van der Waals surface area contributed by atoms with Gasteiger partial charge in [0.1, 0.15) is 0 Å². The molecule has 1 aliphatic heterocycles. The van der Waals surface area contributed by atoms with Gasteiger partial charge in [-0.3, -0.25) is 0 Å². The Labute approximate surface area is 100 Å². The molecule has 4 heteroatoms. The molecule has 1 aromatic rings. The zero-order valence-electron chi connectivity index (χ0n) is 8.92. The summed E-state index contributed by atoms with van der Waals surface area (Å²) in [5, 5.41) is 6.87. The van der Waals surface area contributed by atoms with E-state index >= 15 is 0 Å². The molecule has 0 saturated carbocycles. The van der Waals surface area contributed by atoms with Gasteiger partial charge in [-0.05, 0) is 51.0 Å². The van der Waals surface area contributed by atoms with E-state index in [1.807, 2.05) is 13.1 Å². The molecule has 0 spiro atoms. The average Bonchev–Trinajstić information content (AvgIpc) is 2.68. The van der Waals surface area contributed by atoms with Gasteiger partial charge in [0.05, 0.1) is 4.34 Å². The van der Waals surface area contributed by atoms with Crippen LogP contribution in [-0.4, -0.2) is 20.1 Å². The van der Waals surface area contributed by atoms with Crippen molar-refractivity contribution in [3.63, 3.8) is 0 Å². The first-order valence-corrected chi connectivity index (χ1v) is 6.64. The highest BCUT2D eigenvalue weighted by Gasteiger charge is 2.24. The summed E-state index contributed by atoms with van der Waals surface area (Å²) in [5.41, 5.74) is 0. The van der Waals surface area contributed by atoms with Crippen molar-refractivity contribution in [1.82, 2.24) is 10.6 Å². The van der Waals surface area contributed by atoms with E-state index in [1.54, 1.807) is 11.3 Å². The Balaban J connectivity index is 2.08. The van der Waals surface area contributed by atoms with Crippen LogP contribution in [0.1, 0.15) is 23.8 Å². The molecule has 0 bridgehead atoms. The van der Waals surface area contributed by atoms with E-state index < -0.39 is 0 Å². The summed E-state index contributed by atoms with van der Waals surface area (Å²) >= 11 is 7.66. The van der Waals surface area contributed by atoms with Gasteiger partial charge in [-0.15, -0.1) is 11.3 Å². The monoisotopic (exact) mass is 244 g/mol. The SMILES string of the molecule is CNC(c1ccc(Cl)s1)C1CCCNC1. The molecule has 1 aromatic heterocycles. The molecular formula is C11H17ClN2S. The summed E-state index contributed by atoms with van der Waals surface area (Å²) in [7, 11) is 2.03. The van der Waals surface area contributed by atoms with Gasteiger partial charge in [0, 0.05) is 10.9 Å². The molecule has 84 valence electrons. The van der Waals surface area contributed by atoms with Crippen molar-refractivity contribution < 1.29 is 0 Å².